The number of carbonyl (C=O) groups excluding carboxylic acids is 2. The van der Waals surface area contributed by atoms with Crippen molar-refractivity contribution in [3.05, 3.63) is 63.8 Å². The van der Waals surface area contributed by atoms with E-state index in [1.54, 1.807) is 27.0 Å². The fourth-order valence-corrected chi connectivity index (χ4v) is 12.6. The molecule has 10 nitrogen and oxygen atoms in total. The molecule has 4 atom stereocenters. The SMILES string of the molecule is COc1ccc2c(c1)C1CC1(C(=O)N1C3CCC1CN(C)C3)Cn1c-2c(C2CCCCC2)c2ccc(C(=O)NS(=O)(=O)c3sc(C)nc3C)cc21. The topological polar surface area (TPSA) is 114 Å². The first-order valence-corrected chi connectivity index (χ1v) is 20.7. The van der Waals surface area contributed by atoms with Crippen molar-refractivity contribution in [3.8, 4) is 17.0 Å². The van der Waals surface area contributed by atoms with Crippen molar-refractivity contribution >= 4 is 44.1 Å². The Balaban J connectivity index is 1.20. The molecule has 2 aliphatic carbocycles. The minimum absolute atomic E-state index is 0.0516. The highest BCUT2D eigenvalue weighted by Crippen LogP contribution is 2.66. The van der Waals surface area contributed by atoms with Gasteiger partial charge >= 0.3 is 0 Å². The number of sulfonamides is 1. The van der Waals surface area contributed by atoms with Gasteiger partial charge in [-0.2, -0.15) is 0 Å². The predicted molar refractivity (Wildman–Crippen MR) is 197 cm³/mol. The maximum absolute atomic E-state index is 15.1. The lowest BCUT2D eigenvalue weighted by atomic mass is 9.81. The van der Waals surface area contributed by atoms with Crippen LogP contribution in [0.5, 0.6) is 5.75 Å². The van der Waals surface area contributed by atoms with Crippen molar-refractivity contribution in [2.45, 2.75) is 99.9 Å². The Morgan fingerprint density at radius 2 is 1.75 bits per heavy atom. The quantitative estimate of drug-likeness (QED) is 0.246. The Morgan fingerprint density at radius 1 is 1.00 bits per heavy atom. The van der Waals surface area contributed by atoms with E-state index in [0.29, 0.717) is 23.2 Å². The molecule has 51 heavy (non-hydrogen) atoms. The number of aromatic nitrogens is 2. The number of likely N-dealkylation sites (N-methyl/N-ethyl adjacent to an activating group) is 1. The molecule has 3 aliphatic heterocycles. The van der Waals surface area contributed by atoms with Gasteiger partial charge in [0.1, 0.15) is 5.75 Å². The van der Waals surface area contributed by atoms with Gasteiger partial charge in [-0.15, -0.1) is 11.3 Å². The first-order chi connectivity index (χ1) is 24.5. The Kier molecular flexibility index (Phi) is 7.72. The zero-order valence-electron chi connectivity index (χ0n) is 29.7. The molecule has 0 spiro atoms. The number of fused-ring (bicyclic) bond motifs is 9. The monoisotopic (exact) mass is 727 g/mol. The lowest BCUT2D eigenvalue weighted by Gasteiger charge is -2.41. The highest BCUT2D eigenvalue weighted by Gasteiger charge is 2.65. The summed E-state index contributed by atoms with van der Waals surface area (Å²) in [5, 5.41) is 1.70. The van der Waals surface area contributed by atoms with E-state index in [4.69, 9.17) is 4.74 Å². The van der Waals surface area contributed by atoms with Crippen molar-refractivity contribution in [2.24, 2.45) is 5.41 Å². The summed E-state index contributed by atoms with van der Waals surface area (Å²) in [6.07, 6.45) is 8.57. The molecule has 4 unspecified atom stereocenters. The smallest absolute Gasteiger partial charge is 0.275 e. The van der Waals surface area contributed by atoms with Gasteiger partial charge in [0, 0.05) is 59.7 Å². The van der Waals surface area contributed by atoms with Crippen LogP contribution in [-0.2, 0) is 21.4 Å². The second-order valence-electron chi connectivity index (χ2n) is 15.6. The van der Waals surface area contributed by atoms with Gasteiger partial charge in [-0.05, 0) is 100 Å². The minimum Gasteiger partial charge on any atom is -0.497 e. The molecular formula is C39H45N5O5S2. The fraction of sp³-hybridized carbons (Fsp3) is 0.513. The first-order valence-electron chi connectivity index (χ1n) is 18.4. The van der Waals surface area contributed by atoms with Crippen LogP contribution in [-0.4, -0.2) is 78.9 Å². The second-order valence-corrected chi connectivity index (χ2v) is 18.7. The standard InChI is InChI=1S/C39H45N5O5S2/c1-22-37(50-23(2)40-22)51(47,48)41-36(45)25-10-14-30-33(16-25)43-21-39(38(46)44-26-11-12-27(44)20-42(3)19-26)18-32(39)31-17-28(49-4)13-15-29(31)35(43)34(30)24-8-6-5-7-9-24/h10,13-17,24,26-27,32H,5-9,11-12,18-21H2,1-4H3,(H,41,45). The molecule has 2 aromatic carbocycles. The zero-order valence-corrected chi connectivity index (χ0v) is 31.3. The van der Waals surface area contributed by atoms with Gasteiger partial charge in [0.2, 0.25) is 5.91 Å². The van der Waals surface area contributed by atoms with E-state index in [0.717, 1.165) is 97.3 Å². The summed E-state index contributed by atoms with van der Waals surface area (Å²) in [6, 6.07) is 12.4. The Labute approximate surface area is 303 Å². The van der Waals surface area contributed by atoms with E-state index in [1.807, 2.05) is 18.2 Å². The van der Waals surface area contributed by atoms with Crippen LogP contribution in [0.3, 0.4) is 0 Å². The summed E-state index contributed by atoms with van der Waals surface area (Å²) < 4.78 is 37.2. The van der Waals surface area contributed by atoms with Crippen LogP contribution >= 0.6 is 11.3 Å². The molecule has 5 aliphatic rings. The van der Waals surface area contributed by atoms with Crippen molar-refractivity contribution in [3.63, 3.8) is 0 Å². The maximum Gasteiger partial charge on any atom is 0.275 e. The van der Waals surface area contributed by atoms with Crippen molar-refractivity contribution in [1.29, 1.82) is 0 Å². The zero-order chi connectivity index (χ0) is 35.4. The molecule has 9 rings (SSSR count). The molecule has 1 N–H and O–H groups in total. The highest BCUT2D eigenvalue weighted by atomic mass is 32.2. The number of piperazine rings is 1. The lowest BCUT2D eigenvalue weighted by molar-refractivity contribution is -0.143. The molecule has 12 heteroatoms. The Morgan fingerprint density at radius 3 is 2.43 bits per heavy atom. The van der Waals surface area contributed by atoms with Gasteiger partial charge in [-0.1, -0.05) is 25.3 Å². The third-order valence-corrected chi connectivity index (χ3v) is 15.5. The van der Waals surface area contributed by atoms with Crippen LogP contribution in [0.2, 0.25) is 0 Å². The average Bonchev–Trinajstić information content (AvgIpc) is 3.52. The molecule has 2 aromatic heterocycles. The third kappa shape index (κ3) is 5.18. The van der Waals surface area contributed by atoms with Crippen LogP contribution in [0.25, 0.3) is 22.2 Å². The van der Waals surface area contributed by atoms with Gasteiger partial charge in [-0.3, -0.25) is 9.59 Å². The summed E-state index contributed by atoms with van der Waals surface area (Å²) in [5.74, 6) is 0.772. The fourth-order valence-electron chi connectivity index (χ4n) is 10.1. The minimum atomic E-state index is -4.11. The van der Waals surface area contributed by atoms with Gasteiger partial charge in [0.05, 0.1) is 28.9 Å². The molecular weight excluding hydrogens is 683 g/mol. The van der Waals surface area contributed by atoms with Gasteiger partial charge < -0.3 is 19.1 Å². The Bertz CT molecular complexity index is 2210. The maximum atomic E-state index is 15.1. The van der Waals surface area contributed by atoms with E-state index >= 15 is 4.79 Å². The number of rotatable bonds is 6. The number of amides is 2. The molecule has 4 aromatic rings. The number of aryl methyl sites for hydroxylation is 2. The summed E-state index contributed by atoms with van der Waals surface area (Å²) in [4.78, 5) is 37.7. The largest absolute Gasteiger partial charge is 0.497 e. The number of hydrogen-bond acceptors (Lipinski definition) is 8. The molecule has 4 fully saturated rings. The summed E-state index contributed by atoms with van der Waals surface area (Å²) >= 11 is 1.06. The first kappa shape index (κ1) is 33.1. The molecule has 5 heterocycles. The van der Waals surface area contributed by atoms with E-state index in [-0.39, 0.29) is 33.7 Å². The predicted octanol–water partition coefficient (Wildman–Crippen LogP) is 6.35. The number of benzene rings is 2. The van der Waals surface area contributed by atoms with Crippen molar-refractivity contribution in [2.75, 3.05) is 27.2 Å². The number of nitrogens with one attached hydrogen (secondary N) is 1. The number of carbonyl (C=O) groups is 2. The van der Waals surface area contributed by atoms with Gasteiger partial charge in [0.15, 0.2) is 4.21 Å². The third-order valence-electron chi connectivity index (χ3n) is 12.4. The lowest BCUT2D eigenvalue weighted by Crippen LogP contribution is -2.57. The number of methoxy groups -OCH3 is 1. The van der Waals surface area contributed by atoms with E-state index in [2.05, 4.69) is 43.3 Å². The second kappa shape index (κ2) is 11.9. The molecule has 268 valence electrons. The van der Waals surface area contributed by atoms with E-state index in [1.165, 1.54) is 17.5 Å². The number of hydrogen-bond donors (Lipinski definition) is 1. The number of ether oxygens (including phenoxy) is 1. The molecule has 2 bridgehead atoms. The van der Waals surface area contributed by atoms with Crippen LogP contribution in [0.4, 0.5) is 0 Å². The molecule has 0 radical (unpaired) electrons. The molecule has 2 saturated carbocycles. The van der Waals surface area contributed by atoms with Crippen molar-refractivity contribution < 1.29 is 22.7 Å². The highest BCUT2D eigenvalue weighted by molar-refractivity contribution is 7.92. The van der Waals surface area contributed by atoms with Crippen LogP contribution in [0, 0.1) is 19.3 Å². The summed E-state index contributed by atoms with van der Waals surface area (Å²) in [5.41, 5.74) is 5.64. The van der Waals surface area contributed by atoms with Crippen LogP contribution in [0.1, 0.15) is 95.4 Å². The molecule has 2 saturated heterocycles. The Hall–Kier alpha value is -3.74. The average molecular weight is 728 g/mol. The molecule has 2 amide bonds. The number of likely N-dealkylation sites (tertiary alicyclic amines) is 1. The number of thiazole rings is 1. The van der Waals surface area contributed by atoms with Crippen molar-refractivity contribution in [1.82, 2.24) is 24.1 Å². The normalized spacial score (nSPS) is 26.0. The van der Waals surface area contributed by atoms with Gasteiger partial charge in [0.25, 0.3) is 15.9 Å². The van der Waals surface area contributed by atoms with Gasteiger partial charge in [-0.25, -0.2) is 18.1 Å². The van der Waals surface area contributed by atoms with Crippen LogP contribution in [0.15, 0.2) is 40.6 Å². The van der Waals surface area contributed by atoms with E-state index < -0.39 is 21.3 Å². The number of nitrogens with zero attached hydrogens (tertiary/aromatic N) is 4. The van der Waals surface area contributed by atoms with E-state index in [9.17, 15) is 13.2 Å². The van der Waals surface area contributed by atoms with Crippen LogP contribution < -0.4 is 9.46 Å². The summed E-state index contributed by atoms with van der Waals surface area (Å²) in [6.45, 7) is 5.71. The summed E-state index contributed by atoms with van der Waals surface area (Å²) in [7, 11) is -0.262.